The van der Waals surface area contributed by atoms with Gasteiger partial charge in [0.25, 0.3) is 0 Å². The van der Waals surface area contributed by atoms with E-state index in [2.05, 4.69) is 31.6 Å². The van der Waals surface area contributed by atoms with Gasteiger partial charge in [0.15, 0.2) is 5.96 Å². The SMILES string of the molecule is CC[C@@H]1NC(=O)C[C@H](c2ccccc2)NC(=O)[C@H](CO)NC(=O)[C@H](CC)NC(=O)[C@H](CCCN=C(N)N)NC1=O. The predicted molar refractivity (Wildman–Crippen MR) is 147 cm³/mol. The summed E-state index contributed by atoms with van der Waals surface area (Å²) in [6.45, 7) is 2.87. The van der Waals surface area contributed by atoms with Gasteiger partial charge >= 0.3 is 0 Å². The lowest BCUT2D eigenvalue weighted by Crippen LogP contribution is -2.59. The number of rotatable bonds is 8. The number of aliphatic imine (C=N–C) groups is 1. The average Bonchev–Trinajstić information content (AvgIpc) is 2.93. The summed E-state index contributed by atoms with van der Waals surface area (Å²) < 4.78 is 0. The van der Waals surface area contributed by atoms with Crippen LogP contribution in [-0.4, -0.2) is 77.9 Å². The van der Waals surface area contributed by atoms with Crippen LogP contribution in [0.5, 0.6) is 0 Å². The van der Waals surface area contributed by atoms with Crippen LogP contribution in [0.25, 0.3) is 0 Å². The highest BCUT2D eigenvalue weighted by Gasteiger charge is 2.32. The van der Waals surface area contributed by atoms with Crippen LogP contribution < -0.4 is 38.1 Å². The number of aliphatic hydroxyl groups is 1. The van der Waals surface area contributed by atoms with Gasteiger partial charge in [0, 0.05) is 6.54 Å². The largest absolute Gasteiger partial charge is 0.394 e. The van der Waals surface area contributed by atoms with E-state index in [1.165, 1.54) is 0 Å². The molecule has 14 nitrogen and oxygen atoms in total. The smallest absolute Gasteiger partial charge is 0.245 e. The number of guanidine groups is 1. The number of carbonyl (C=O) groups excluding carboxylic acids is 5. The number of nitrogens with zero attached hydrogens (tertiary/aromatic N) is 1. The molecule has 1 aromatic rings. The quantitative estimate of drug-likeness (QED) is 0.101. The van der Waals surface area contributed by atoms with E-state index in [1.54, 1.807) is 44.2 Å². The molecule has 0 unspecified atom stereocenters. The van der Waals surface area contributed by atoms with E-state index in [0.29, 0.717) is 12.0 Å². The minimum Gasteiger partial charge on any atom is -0.394 e. The topological polar surface area (TPSA) is 230 Å². The van der Waals surface area contributed by atoms with Crippen molar-refractivity contribution in [1.29, 1.82) is 0 Å². The van der Waals surface area contributed by atoms with Gasteiger partial charge in [-0.3, -0.25) is 29.0 Å². The van der Waals surface area contributed by atoms with Crippen molar-refractivity contribution in [2.24, 2.45) is 16.5 Å². The third-order valence-electron chi connectivity index (χ3n) is 6.40. The molecule has 1 aromatic carbocycles. The molecule has 0 bridgehead atoms. The van der Waals surface area contributed by atoms with Crippen LogP contribution in [0.15, 0.2) is 35.3 Å². The zero-order chi connectivity index (χ0) is 29.7. The molecule has 0 aromatic heterocycles. The number of nitrogens with two attached hydrogens (primary N) is 2. The van der Waals surface area contributed by atoms with Crippen molar-refractivity contribution in [3.8, 4) is 0 Å². The van der Waals surface area contributed by atoms with Crippen LogP contribution >= 0.6 is 0 Å². The summed E-state index contributed by atoms with van der Waals surface area (Å²) in [5, 5.41) is 23.0. The maximum Gasteiger partial charge on any atom is 0.245 e. The molecule has 10 N–H and O–H groups in total. The van der Waals surface area contributed by atoms with Crippen LogP contribution in [0.2, 0.25) is 0 Å². The van der Waals surface area contributed by atoms with E-state index in [1.807, 2.05) is 0 Å². The van der Waals surface area contributed by atoms with Crippen molar-refractivity contribution < 1.29 is 29.1 Å². The summed E-state index contributed by atoms with van der Waals surface area (Å²) in [6.07, 6.45) is 0.676. The van der Waals surface area contributed by atoms with Crippen LogP contribution in [0.4, 0.5) is 0 Å². The highest BCUT2D eigenvalue weighted by Crippen LogP contribution is 2.17. The second-order valence-electron chi connectivity index (χ2n) is 9.43. The van der Waals surface area contributed by atoms with Crippen LogP contribution in [0.3, 0.4) is 0 Å². The Morgan fingerprint density at radius 1 is 0.800 bits per heavy atom. The molecule has 1 aliphatic heterocycles. The Kier molecular flexibility index (Phi) is 12.8. The number of carbonyl (C=O) groups is 5. The van der Waals surface area contributed by atoms with Gasteiger partial charge in [-0.25, -0.2) is 0 Å². The molecule has 1 aliphatic rings. The fourth-order valence-electron chi connectivity index (χ4n) is 4.14. The van der Waals surface area contributed by atoms with E-state index >= 15 is 0 Å². The average molecular weight is 561 g/mol. The minimum atomic E-state index is -1.33. The Morgan fingerprint density at radius 3 is 1.90 bits per heavy atom. The van der Waals surface area contributed by atoms with Gasteiger partial charge in [-0.05, 0) is 31.2 Å². The first-order valence-corrected chi connectivity index (χ1v) is 13.3. The lowest BCUT2D eigenvalue weighted by Gasteiger charge is -2.27. The van der Waals surface area contributed by atoms with Gasteiger partial charge in [0.05, 0.1) is 19.1 Å². The summed E-state index contributed by atoms with van der Waals surface area (Å²) in [6, 6.07) is 3.50. The van der Waals surface area contributed by atoms with Crippen molar-refractivity contribution in [2.75, 3.05) is 13.2 Å². The number of hydrogen-bond acceptors (Lipinski definition) is 7. The summed E-state index contributed by atoms with van der Waals surface area (Å²) >= 11 is 0. The Morgan fingerprint density at radius 2 is 1.32 bits per heavy atom. The van der Waals surface area contributed by atoms with Crippen LogP contribution in [0, 0.1) is 0 Å². The van der Waals surface area contributed by atoms with Gasteiger partial charge in [0.1, 0.15) is 24.2 Å². The summed E-state index contributed by atoms with van der Waals surface area (Å²) in [7, 11) is 0. The lowest BCUT2D eigenvalue weighted by atomic mass is 10.0. The number of aliphatic hydroxyl groups excluding tert-OH is 1. The molecule has 0 spiro atoms. The maximum atomic E-state index is 13.2. The van der Waals surface area contributed by atoms with Crippen LogP contribution in [0.1, 0.15) is 57.6 Å². The van der Waals surface area contributed by atoms with E-state index in [-0.39, 0.29) is 38.2 Å². The van der Waals surface area contributed by atoms with Gasteiger partial charge in [-0.1, -0.05) is 44.2 Å². The standard InChI is InChI=1S/C26H40N8O6/c1-3-16-22(37)32-18(11-8-12-29-26(27)28)24(39)31-17(4-2)23(38)34-20(14-35)25(40)33-19(13-21(36)30-16)15-9-6-5-7-10-15/h5-7,9-10,16-20,35H,3-4,8,11-14H2,1-2H3,(H,30,36)(H,31,39)(H,32,37)(H,33,40)(H,34,38)(H4,27,28,29)/t16-,17-,18-,19+,20-/m0/s1. The number of hydrogen-bond donors (Lipinski definition) is 8. The van der Waals surface area contributed by atoms with Gasteiger partial charge in [-0.15, -0.1) is 0 Å². The molecule has 5 atom stereocenters. The fourth-order valence-corrected chi connectivity index (χ4v) is 4.14. The Hall–Kier alpha value is -4.20. The maximum absolute atomic E-state index is 13.2. The van der Waals surface area contributed by atoms with E-state index in [4.69, 9.17) is 11.5 Å². The third kappa shape index (κ3) is 9.84. The first-order chi connectivity index (χ1) is 19.1. The monoisotopic (exact) mass is 560 g/mol. The fraction of sp³-hybridized carbons (Fsp3) is 0.538. The number of benzene rings is 1. The number of nitrogens with one attached hydrogen (secondary N) is 5. The zero-order valence-electron chi connectivity index (χ0n) is 22.8. The van der Waals surface area contributed by atoms with Gasteiger partial charge < -0.3 is 43.2 Å². The van der Waals surface area contributed by atoms with Crippen molar-refractivity contribution in [3.63, 3.8) is 0 Å². The van der Waals surface area contributed by atoms with E-state index in [9.17, 15) is 29.1 Å². The summed E-state index contributed by atoms with van der Waals surface area (Å²) in [5.74, 6) is -3.26. The lowest BCUT2D eigenvalue weighted by molar-refractivity contribution is -0.135. The summed E-state index contributed by atoms with van der Waals surface area (Å²) in [5.41, 5.74) is 11.3. The van der Waals surface area contributed by atoms with E-state index < -0.39 is 66.4 Å². The Bertz CT molecular complexity index is 1060. The second-order valence-corrected chi connectivity index (χ2v) is 9.43. The molecule has 1 saturated heterocycles. The molecule has 220 valence electrons. The Labute approximate surface area is 233 Å². The van der Waals surface area contributed by atoms with Crippen molar-refractivity contribution >= 4 is 35.5 Å². The normalized spacial score (nSPS) is 25.1. The molecule has 1 fully saturated rings. The molecule has 5 amide bonds. The third-order valence-corrected chi connectivity index (χ3v) is 6.40. The van der Waals surface area contributed by atoms with Crippen molar-refractivity contribution in [3.05, 3.63) is 35.9 Å². The molecule has 0 saturated carbocycles. The van der Waals surface area contributed by atoms with Crippen molar-refractivity contribution in [1.82, 2.24) is 26.6 Å². The van der Waals surface area contributed by atoms with Crippen molar-refractivity contribution in [2.45, 2.75) is 76.2 Å². The zero-order valence-corrected chi connectivity index (χ0v) is 22.8. The summed E-state index contributed by atoms with van der Waals surface area (Å²) in [4.78, 5) is 69.2. The molecular formula is C26H40N8O6. The van der Waals surface area contributed by atoms with Crippen LogP contribution in [-0.2, 0) is 24.0 Å². The molecule has 14 heteroatoms. The van der Waals surface area contributed by atoms with E-state index in [0.717, 1.165) is 0 Å². The Balaban J connectivity index is 2.40. The first-order valence-electron chi connectivity index (χ1n) is 13.3. The van der Waals surface area contributed by atoms with Gasteiger partial charge in [0.2, 0.25) is 29.5 Å². The minimum absolute atomic E-state index is 0.112. The molecular weight excluding hydrogens is 520 g/mol. The van der Waals surface area contributed by atoms with Gasteiger partial charge in [-0.2, -0.15) is 0 Å². The molecule has 0 radical (unpaired) electrons. The second kappa shape index (κ2) is 16.0. The first kappa shape index (κ1) is 32.0. The highest BCUT2D eigenvalue weighted by molar-refractivity contribution is 5.96. The molecule has 2 rings (SSSR count). The highest BCUT2D eigenvalue weighted by atomic mass is 16.3. The number of amides is 5. The molecule has 0 aliphatic carbocycles. The predicted octanol–water partition coefficient (Wildman–Crippen LogP) is -1.95. The molecule has 40 heavy (non-hydrogen) atoms. The molecule has 1 heterocycles.